The molecule has 0 saturated heterocycles. The van der Waals surface area contributed by atoms with E-state index in [0.29, 0.717) is 12.5 Å². The summed E-state index contributed by atoms with van der Waals surface area (Å²) in [5, 5.41) is 8.37. The first-order valence-electron chi connectivity index (χ1n) is 6.67. The van der Waals surface area contributed by atoms with Crippen molar-refractivity contribution in [1.29, 1.82) is 0 Å². The van der Waals surface area contributed by atoms with Gasteiger partial charge in [0.15, 0.2) is 0 Å². The molecule has 0 rings (SSSR count). The predicted octanol–water partition coefficient (Wildman–Crippen LogP) is 3.17. The van der Waals surface area contributed by atoms with Gasteiger partial charge >= 0.3 is 11.9 Å². The zero-order valence-corrected chi connectivity index (χ0v) is 11.4. The number of carbonyl (C=O) groups is 2. The van der Waals surface area contributed by atoms with Crippen molar-refractivity contribution >= 4 is 11.9 Å². The Morgan fingerprint density at radius 1 is 1.11 bits per heavy atom. The number of carboxylic acids is 1. The zero-order chi connectivity index (χ0) is 13.8. The second kappa shape index (κ2) is 10.8. The van der Waals surface area contributed by atoms with Crippen LogP contribution >= 0.6 is 0 Å². The maximum Gasteiger partial charge on any atom is 0.331 e. The van der Waals surface area contributed by atoms with Crippen LogP contribution in [-0.4, -0.2) is 23.7 Å². The smallest absolute Gasteiger partial charge is 0.331 e. The molecule has 0 heterocycles. The number of rotatable bonds is 10. The summed E-state index contributed by atoms with van der Waals surface area (Å²) < 4.78 is 5.05. The second-order valence-electron chi connectivity index (χ2n) is 4.45. The number of hydrogen-bond acceptors (Lipinski definition) is 3. The molecule has 0 aliphatic carbocycles. The number of unbranched alkanes of at least 4 members (excludes halogenated alkanes) is 2. The van der Waals surface area contributed by atoms with Gasteiger partial charge in [-0.25, -0.2) is 9.59 Å². The van der Waals surface area contributed by atoms with Crippen LogP contribution in [0.5, 0.6) is 0 Å². The van der Waals surface area contributed by atoms with Gasteiger partial charge in [-0.05, 0) is 18.8 Å². The number of carbonyl (C=O) groups excluding carboxylic acids is 1. The SMILES string of the molecule is CCCCCC(CCC)COC(=O)/C=C\C(=O)O. The number of ether oxygens (including phenoxy) is 1. The molecule has 1 atom stereocenters. The van der Waals surface area contributed by atoms with Gasteiger partial charge in [-0.3, -0.25) is 0 Å². The van der Waals surface area contributed by atoms with Gasteiger partial charge in [0, 0.05) is 12.2 Å². The van der Waals surface area contributed by atoms with Gasteiger partial charge in [-0.15, -0.1) is 0 Å². The van der Waals surface area contributed by atoms with Gasteiger partial charge in [-0.2, -0.15) is 0 Å². The van der Waals surface area contributed by atoms with Crippen molar-refractivity contribution in [3.8, 4) is 0 Å². The highest BCUT2D eigenvalue weighted by molar-refractivity contribution is 5.90. The van der Waals surface area contributed by atoms with Gasteiger partial charge in [-0.1, -0.05) is 39.5 Å². The Labute approximate surface area is 109 Å². The van der Waals surface area contributed by atoms with E-state index in [9.17, 15) is 9.59 Å². The second-order valence-corrected chi connectivity index (χ2v) is 4.45. The lowest BCUT2D eigenvalue weighted by Gasteiger charge is -2.15. The average molecular weight is 256 g/mol. The third kappa shape index (κ3) is 9.87. The standard InChI is InChI=1S/C14H24O4/c1-3-5-6-8-12(7-4-2)11-18-14(17)10-9-13(15)16/h9-10,12H,3-8,11H2,1-2H3,(H,15,16)/b10-9-. The molecular formula is C14H24O4. The van der Waals surface area contributed by atoms with Crippen molar-refractivity contribution < 1.29 is 19.4 Å². The van der Waals surface area contributed by atoms with E-state index in [0.717, 1.165) is 37.8 Å². The Hall–Kier alpha value is -1.32. The monoisotopic (exact) mass is 256 g/mol. The maximum absolute atomic E-state index is 11.2. The molecular weight excluding hydrogens is 232 g/mol. The summed E-state index contributed by atoms with van der Waals surface area (Å²) >= 11 is 0. The molecule has 0 radical (unpaired) electrons. The molecule has 0 aromatic carbocycles. The third-order valence-corrected chi connectivity index (χ3v) is 2.74. The third-order valence-electron chi connectivity index (χ3n) is 2.74. The molecule has 0 aliphatic heterocycles. The van der Waals surface area contributed by atoms with Gasteiger partial charge in [0.25, 0.3) is 0 Å². The lowest BCUT2D eigenvalue weighted by molar-refractivity contribution is -0.140. The number of esters is 1. The summed E-state index contributed by atoms with van der Waals surface area (Å²) in [6, 6.07) is 0. The summed E-state index contributed by atoms with van der Waals surface area (Å²) in [6.45, 7) is 4.66. The Balaban J connectivity index is 3.93. The molecule has 4 nitrogen and oxygen atoms in total. The van der Waals surface area contributed by atoms with E-state index in [2.05, 4.69) is 13.8 Å². The Morgan fingerprint density at radius 2 is 1.83 bits per heavy atom. The van der Waals surface area contributed by atoms with E-state index in [1.54, 1.807) is 0 Å². The van der Waals surface area contributed by atoms with Crippen LogP contribution in [0.2, 0.25) is 0 Å². The fourth-order valence-corrected chi connectivity index (χ4v) is 1.79. The first-order valence-corrected chi connectivity index (χ1v) is 6.67. The molecule has 1 N–H and O–H groups in total. The molecule has 4 heteroatoms. The van der Waals surface area contributed by atoms with E-state index < -0.39 is 11.9 Å². The van der Waals surface area contributed by atoms with Crippen LogP contribution in [0.4, 0.5) is 0 Å². The Bertz CT molecular complexity index is 271. The molecule has 0 saturated carbocycles. The predicted molar refractivity (Wildman–Crippen MR) is 70.3 cm³/mol. The molecule has 18 heavy (non-hydrogen) atoms. The van der Waals surface area contributed by atoms with Crippen molar-refractivity contribution in [2.75, 3.05) is 6.61 Å². The molecule has 0 spiro atoms. The minimum absolute atomic E-state index is 0.389. The minimum atomic E-state index is -1.14. The minimum Gasteiger partial charge on any atom is -0.478 e. The Morgan fingerprint density at radius 3 is 2.39 bits per heavy atom. The van der Waals surface area contributed by atoms with Crippen LogP contribution in [0, 0.1) is 5.92 Å². The summed E-state index contributed by atoms with van der Waals surface area (Å²) in [5.41, 5.74) is 0. The highest BCUT2D eigenvalue weighted by Gasteiger charge is 2.10. The van der Waals surface area contributed by atoms with Crippen LogP contribution in [-0.2, 0) is 14.3 Å². The summed E-state index contributed by atoms with van der Waals surface area (Å²) in [4.78, 5) is 21.4. The highest BCUT2D eigenvalue weighted by atomic mass is 16.5. The van der Waals surface area contributed by atoms with Gasteiger partial charge < -0.3 is 9.84 Å². The molecule has 0 fully saturated rings. The summed E-state index contributed by atoms with van der Waals surface area (Å²) in [7, 11) is 0. The van der Waals surface area contributed by atoms with Gasteiger partial charge in [0.05, 0.1) is 6.61 Å². The van der Waals surface area contributed by atoms with Crippen molar-refractivity contribution in [3.05, 3.63) is 12.2 Å². The van der Waals surface area contributed by atoms with Crippen molar-refractivity contribution in [1.82, 2.24) is 0 Å². The lowest BCUT2D eigenvalue weighted by atomic mass is 9.97. The summed E-state index contributed by atoms with van der Waals surface area (Å²) in [6.07, 6.45) is 8.47. The first-order chi connectivity index (χ1) is 8.60. The fraction of sp³-hybridized carbons (Fsp3) is 0.714. The van der Waals surface area contributed by atoms with E-state index >= 15 is 0 Å². The fourth-order valence-electron chi connectivity index (χ4n) is 1.79. The average Bonchev–Trinajstić information content (AvgIpc) is 2.33. The molecule has 0 aromatic rings. The van der Waals surface area contributed by atoms with Crippen LogP contribution in [0.3, 0.4) is 0 Å². The maximum atomic E-state index is 11.2. The first kappa shape index (κ1) is 16.7. The van der Waals surface area contributed by atoms with Crippen LogP contribution in [0.25, 0.3) is 0 Å². The lowest BCUT2D eigenvalue weighted by Crippen LogP contribution is -2.13. The summed E-state index contributed by atoms with van der Waals surface area (Å²) in [5.74, 6) is -1.32. The van der Waals surface area contributed by atoms with Crippen LogP contribution < -0.4 is 0 Å². The quantitative estimate of drug-likeness (QED) is 0.370. The van der Waals surface area contributed by atoms with Crippen molar-refractivity contribution in [3.63, 3.8) is 0 Å². The topological polar surface area (TPSA) is 63.6 Å². The molecule has 0 bridgehead atoms. The van der Waals surface area contributed by atoms with Crippen molar-refractivity contribution in [2.24, 2.45) is 5.92 Å². The number of carboxylic acid groups (broad SMARTS) is 1. The van der Waals surface area contributed by atoms with Crippen LogP contribution in [0.1, 0.15) is 52.4 Å². The molecule has 0 amide bonds. The van der Waals surface area contributed by atoms with Gasteiger partial charge in [0.2, 0.25) is 0 Å². The molecule has 104 valence electrons. The highest BCUT2D eigenvalue weighted by Crippen LogP contribution is 2.16. The van der Waals surface area contributed by atoms with E-state index in [4.69, 9.17) is 9.84 Å². The Kier molecular flexibility index (Phi) is 10.0. The molecule has 0 aliphatic rings. The van der Waals surface area contributed by atoms with E-state index in [1.807, 2.05) is 0 Å². The molecule has 1 unspecified atom stereocenters. The van der Waals surface area contributed by atoms with E-state index in [-0.39, 0.29) is 0 Å². The molecule has 0 aromatic heterocycles. The zero-order valence-electron chi connectivity index (χ0n) is 11.4. The van der Waals surface area contributed by atoms with Gasteiger partial charge in [0.1, 0.15) is 0 Å². The number of aliphatic carboxylic acids is 1. The normalized spacial score (nSPS) is 12.6. The largest absolute Gasteiger partial charge is 0.478 e. The number of hydrogen-bond donors (Lipinski definition) is 1. The van der Waals surface area contributed by atoms with Crippen molar-refractivity contribution in [2.45, 2.75) is 52.4 Å². The van der Waals surface area contributed by atoms with E-state index in [1.165, 1.54) is 12.8 Å². The van der Waals surface area contributed by atoms with Crippen LogP contribution in [0.15, 0.2) is 12.2 Å².